The average molecular weight is 541 g/mol. The lowest BCUT2D eigenvalue weighted by Gasteiger charge is -2.46. The molecule has 1 heterocycles. The second kappa shape index (κ2) is 14.3. The van der Waals surface area contributed by atoms with Crippen LogP contribution in [0.3, 0.4) is 0 Å². The van der Waals surface area contributed by atoms with Crippen LogP contribution in [-0.2, 0) is 38.8 Å². The number of aliphatic hydroxyl groups is 2. The maximum absolute atomic E-state index is 11.6. The van der Waals surface area contributed by atoms with Crippen molar-refractivity contribution in [2.24, 2.45) is 0 Å². The molecule has 4 aromatic carbocycles. The molecule has 6 heteroatoms. The zero-order valence-corrected chi connectivity index (χ0v) is 22.4. The van der Waals surface area contributed by atoms with Crippen LogP contribution < -0.4 is 0 Å². The van der Waals surface area contributed by atoms with Crippen LogP contribution >= 0.6 is 0 Å². The number of hydrogen-bond donors (Lipinski definition) is 2. The summed E-state index contributed by atoms with van der Waals surface area (Å²) in [6.45, 7) is 1.19. The molecule has 5 rings (SSSR count). The van der Waals surface area contributed by atoms with E-state index >= 15 is 0 Å². The Kier molecular flexibility index (Phi) is 10.1. The minimum absolute atomic E-state index is 0.199. The summed E-state index contributed by atoms with van der Waals surface area (Å²) >= 11 is 0. The van der Waals surface area contributed by atoms with Crippen molar-refractivity contribution < 1.29 is 29.2 Å². The summed E-state index contributed by atoms with van der Waals surface area (Å²) in [5.74, 6) is 0. The third-order valence-corrected chi connectivity index (χ3v) is 7.11. The molecular formula is C34H36O6. The first-order valence-electron chi connectivity index (χ1n) is 13.7. The normalized spacial score (nSPS) is 23.5. The highest BCUT2D eigenvalue weighted by molar-refractivity contribution is 5.20. The lowest BCUT2D eigenvalue weighted by Crippen LogP contribution is -2.61. The number of aliphatic hydroxyl groups excluding tert-OH is 2. The van der Waals surface area contributed by atoms with Gasteiger partial charge in [0.05, 0.1) is 26.4 Å². The standard InChI is InChI=1S/C34H36O6/c35-30(28-19-11-4-12-20-28)33-31(36)34(39-23-27-17-9-3-10-18-27)32(38-22-26-15-7-2-8-16-26)29(40-33)24-37-21-25-13-5-1-6-14-25/h1-20,29-36H,21-24H2/t29-,30-,31+,32-,33+,34-/m1/s1. The maximum atomic E-state index is 11.6. The highest BCUT2D eigenvalue weighted by atomic mass is 16.6. The van der Waals surface area contributed by atoms with Crippen molar-refractivity contribution in [1.82, 2.24) is 0 Å². The van der Waals surface area contributed by atoms with Gasteiger partial charge in [0.25, 0.3) is 0 Å². The van der Waals surface area contributed by atoms with Crippen LogP contribution in [0.2, 0.25) is 0 Å². The molecule has 1 fully saturated rings. The van der Waals surface area contributed by atoms with E-state index in [2.05, 4.69) is 0 Å². The molecule has 6 nitrogen and oxygen atoms in total. The van der Waals surface area contributed by atoms with Crippen molar-refractivity contribution in [3.05, 3.63) is 144 Å². The van der Waals surface area contributed by atoms with Crippen LogP contribution in [0.4, 0.5) is 0 Å². The van der Waals surface area contributed by atoms with E-state index in [1.807, 2.05) is 121 Å². The minimum Gasteiger partial charge on any atom is -0.387 e. The van der Waals surface area contributed by atoms with E-state index in [0.717, 1.165) is 16.7 Å². The van der Waals surface area contributed by atoms with Crippen molar-refractivity contribution in [3.63, 3.8) is 0 Å². The van der Waals surface area contributed by atoms with Crippen LogP contribution in [0.25, 0.3) is 0 Å². The van der Waals surface area contributed by atoms with Gasteiger partial charge < -0.3 is 29.2 Å². The van der Waals surface area contributed by atoms with Crippen molar-refractivity contribution >= 4 is 0 Å². The molecule has 0 unspecified atom stereocenters. The highest BCUT2D eigenvalue weighted by Crippen LogP contribution is 2.34. The number of rotatable bonds is 12. The maximum Gasteiger partial charge on any atom is 0.117 e. The Morgan fingerprint density at radius 3 is 1.57 bits per heavy atom. The Bertz CT molecular complexity index is 1250. The monoisotopic (exact) mass is 540 g/mol. The third kappa shape index (κ3) is 7.43. The molecular weight excluding hydrogens is 504 g/mol. The Balaban J connectivity index is 1.40. The van der Waals surface area contributed by atoms with Crippen molar-refractivity contribution in [3.8, 4) is 0 Å². The summed E-state index contributed by atoms with van der Waals surface area (Å²) in [7, 11) is 0. The van der Waals surface area contributed by atoms with Gasteiger partial charge in [-0.15, -0.1) is 0 Å². The fourth-order valence-corrected chi connectivity index (χ4v) is 4.98. The van der Waals surface area contributed by atoms with Gasteiger partial charge in [0.1, 0.15) is 36.6 Å². The lowest BCUT2D eigenvalue weighted by atomic mass is 9.89. The molecule has 0 amide bonds. The molecule has 2 N–H and O–H groups in total. The minimum atomic E-state index is -1.15. The van der Waals surface area contributed by atoms with Crippen LogP contribution in [0.1, 0.15) is 28.4 Å². The third-order valence-electron chi connectivity index (χ3n) is 7.11. The highest BCUT2D eigenvalue weighted by Gasteiger charge is 2.49. The van der Waals surface area contributed by atoms with E-state index in [1.54, 1.807) is 0 Å². The first-order chi connectivity index (χ1) is 19.7. The van der Waals surface area contributed by atoms with Gasteiger partial charge in [-0.2, -0.15) is 0 Å². The first kappa shape index (κ1) is 28.2. The van der Waals surface area contributed by atoms with Crippen LogP contribution in [0.15, 0.2) is 121 Å². The molecule has 4 aromatic rings. The molecule has 208 valence electrons. The summed E-state index contributed by atoms with van der Waals surface area (Å²) in [5, 5.41) is 22.9. The predicted molar refractivity (Wildman–Crippen MR) is 152 cm³/mol. The first-order valence-corrected chi connectivity index (χ1v) is 13.7. The number of hydrogen-bond acceptors (Lipinski definition) is 6. The zero-order valence-electron chi connectivity index (χ0n) is 22.4. The van der Waals surface area contributed by atoms with Gasteiger partial charge in [-0.1, -0.05) is 121 Å². The Hall–Kier alpha value is -3.36. The quantitative estimate of drug-likeness (QED) is 0.256. The van der Waals surface area contributed by atoms with Crippen molar-refractivity contribution in [2.45, 2.75) is 56.4 Å². The fourth-order valence-electron chi connectivity index (χ4n) is 4.98. The smallest absolute Gasteiger partial charge is 0.117 e. The SMILES string of the molecule is O[C@@H]1[C@@H](OCc2ccccc2)[C@H](OCc2ccccc2)[C@@H](COCc2ccccc2)O[C@H]1[C@H](O)c1ccccc1. The van der Waals surface area contributed by atoms with Gasteiger partial charge in [-0.05, 0) is 22.3 Å². The topological polar surface area (TPSA) is 77.4 Å². The summed E-state index contributed by atoms with van der Waals surface area (Å²) < 4.78 is 25.3. The molecule has 6 atom stereocenters. The van der Waals surface area contributed by atoms with Crippen LogP contribution in [0, 0.1) is 0 Å². The van der Waals surface area contributed by atoms with Crippen molar-refractivity contribution in [2.75, 3.05) is 6.61 Å². The van der Waals surface area contributed by atoms with Gasteiger partial charge in [0.15, 0.2) is 0 Å². The van der Waals surface area contributed by atoms with E-state index in [9.17, 15) is 10.2 Å². The summed E-state index contributed by atoms with van der Waals surface area (Å²) in [5.41, 5.74) is 3.66. The molecule has 0 aliphatic carbocycles. The van der Waals surface area contributed by atoms with Gasteiger partial charge in [-0.3, -0.25) is 0 Å². The second-order valence-electron chi connectivity index (χ2n) is 10.0. The zero-order chi connectivity index (χ0) is 27.6. The van der Waals surface area contributed by atoms with Gasteiger partial charge >= 0.3 is 0 Å². The predicted octanol–water partition coefficient (Wildman–Crippen LogP) is 5.24. The second-order valence-corrected chi connectivity index (χ2v) is 10.0. The lowest BCUT2D eigenvalue weighted by molar-refractivity contribution is -0.276. The Labute approximate surface area is 235 Å². The fraction of sp³-hybridized carbons (Fsp3) is 0.294. The summed E-state index contributed by atoms with van der Waals surface area (Å²) in [6.07, 6.45) is -5.17. The molecule has 0 bridgehead atoms. The molecule has 0 aromatic heterocycles. The number of ether oxygens (including phenoxy) is 4. The van der Waals surface area contributed by atoms with Gasteiger partial charge in [0, 0.05) is 0 Å². The Morgan fingerprint density at radius 1 is 0.600 bits per heavy atom. The van der Waals surface area contributed by atoms with Gasteiger partial charge in [-0.25, -0.2) is 0 Å². The van der Waals surface area contributed by atoms with E-state index < -0.39 is 36.6 Å². The molecule has 1 aliphatic rings. The summed E-state index contributed by atoms with van der Waals surface area (Å²) in [4.78, 5) is 0. The Morgan fingerprint density at radius 2 is 1.05 bits per heavy atom. The van der Waals surface area contributed by atoms with E-state index in [-0.39, 0.29) is 13.2 Å². The van der Waals surface area contributed by atoms with Crippen molar-refractivity contribution in [1.29, 1.82) is 0 Å². The molecule has 0 radical (unpaired) electrons. The van der Waals surface area contributed by atoms with E-state index in [1.165, 1.54) is 0 Å². The molecule has 0 saturated carbocycles. The molecule has 0 spiro atoms. The summed E-state index contributed by atoms with van der Waals surface area (Å²) in [6, 6.07) is 38.8. The van der Waals surface area contributed by atoms with Crippen LogP contribution in [0.5, 0.6) is 0 Å². The average Bonchev–Trinajstić information content (AvgIpc) is 3.02. The molecule has 1 saturated heterocycles. The van der Waals surface area contributed by atoms with Gasteiger partial charge in [0.2, 0.25) is 0 Å². The largest absolute Gasteiger partial charge is 0.387 e. The van der Waals surface area contributed by atoms with E-state index in [4.69, 9.17) is 18.9 Å². The number of benzene rings is 4. The van der Waals surface area contributed by atoms with Crippen LogP contribution in [-0.4, -0.2) is 47.3 Å². The molecule has 1 aliphatic heterocycles. The molecule has 40 heavy (non-hydrogen) atoms. The van der Waals surface area contributed by atoms with E-state index in [0.29, 0.717) is 18.8 Å².